The first kappa shape index (κ1) is 18.8. The van der Waals surface area contributed by atoms with Gasteiger partial charge in [0.15, 0.2) is 0 Å². The number of methoxy groups -OCH3 is 1. The van der Waals surface area contributed by atoms with Crippen molar-refractivity contribution >= 4 is 40.0 Å². The summed E-state index contributed by atoms with van der Waals surface area (Å²) in [4.78, 5) is 15.7. The number of ether oxygens (including phenoxy) is 1. The summed E-state index contributed by atoms with van der Waals surface area (Å²) in [6, 6.07) is 13.6. The van der Waals surface area contributed by atoms with Gasteiger partial charge in [-0.15, -0.1) is 0 Å². The van der Waals surface area contributed by atoms with Crippen LogP contribution in [0.5, 0.6) is 0 Å². The Morgan fingerprint density at radius 3 is 2.77 bits per heavy atom. The molecule has 0 unspecified atom stereocenters. The minimum atomic E-state index is -0.136. The largest absolute Gasteiger partial charge is 0.383 e. The number of nitrogens with one attached hydrogen (secondary N) is 2. The number of hydrogen-bond donors (Lipinski definition) is 2. The van der Waals surface area contributed by atoms with Crippen LogP contribution in [0.15, 0.2) is 48.7 Å². The van der Waals surface area contributed by atoms with Gasteiger partial charge in [-0.2, -0.15) is 0 Å². The Balaban J connectivity index is 1.96. The Hall–Kier alpha value is -2.01. The summed E-state index contributed by atoms with van der Waals surface area (Å²) in [7, 11) is 1.61. The first-order valence-electron chi connectivity index (χ1n) is 8.36. The second-order valence-corrected chi connectivity index (χ2v) is 6.88. The number of halogens is 2. The highest BCUT2D eigenvalue weighted by atomic mass is 35.5. The van der Waals surface area contributed by atoms with Gasteiger partial charge in [0.2, 0.25) is 5.91 Å². The Morgan fingerprint density at radius 1 is 1.19 bits per heavy atom. The van der Waals surface area contributed by atoms with Crippen molar-refractivity contribution in [3.05, 3.63) is 69.8 Å². The van der Waals surface area contributed by atoms with Crippen molar-refractivity contribution in [3.63, 3.8) is 0 Å². The van der Waals surface area contributed by atoms with Gasteiger partial charge in [0.1, 0.15) is 0 Å². The van der Waals surface area contributed by atoms with Crippen molar-refractivity contribution in [2.24, 2.45) is 0 Å². The molecule has 3 aromatic rings. The summed E-state index contributed by atoms with van der Waals surface area (Å²) in [6.07, 6.45) is 2.27. The van der Waals surface area contributed by atoms with Crippen LogP contribution in [0.4, 0.5) is 0 Å². The third-order valence-corrected chi connectivity index (χ3v) is 5.10. The molecule has 2 aromatic carbocycles. The summed E-state index contributed by atoms with van der Waals surface area (Å²) in [5.74, 6) is -0.174. The number of H-pyrrole nitrogens is 1. The van der Waals surface area contributed by atoms with Crippen LogP contribution in [0.1, 0.15) is 23.5 Å². The monoisotopic (exact) mass is 390 g/mol. The molecule has 0 fully saturated rings. The molecule has 1 amide bonds. The van der Waals surface area contributed by atoms with Crippen LogP contribution in [-0.4, -0.2) is 31.2 Å². The van der Waals surface area contributed by atoms with Crippen molar-refractivity contribution in [1.82, 2.24) is 10.3 Å². The molecule has 3 rings (SSSR count). The minimum absolute atomic E-state index is 0.0385. The first-order valence-corrected chi connectivity index (χ1v) is 9.12. The van der Waals surface area contributed by atoms with Crippen molar-refractivity contribution in [2.45, 2.75) is 12.3 Å². The number of fused-ring (bicyclic) bond motifs is 1. The number of rotatable bonds is 7. The number of aromatic amines is 1. The molecule has 0 aliphatic carbocycles. The molecule has 0 aliphatic heterocycles. The maximum atomic E-state index is 12.4. The number of amides is 1. The first-order chi connectivity index (χ1) is 12.6. The Morgan fingerprint density at radius 2 is 2.00 bits per heavy atom. The summed E-state index contributed by atoms with van der Waals surface area (Å²) >= 11 is 12.3. The molecular weight excluding hydrogens is 371 g/mol. The number of aromatic nitrogens is 1. The van der Waals surface area contributed by atoms with Crippen molar-refractivity contribution in [1.29, 1.82) is 0 Å². The fourth-order valence-corrected chi connectivity index (χ4v) is 3.38. The van der Waals surface area contributed by atoms with Crippen LogP contribution in [-0.2, 0) is 9.53 Å². The van der Waals surface area contributed by atoms with Crippen LogP contribution >= 0.6 is 23.2 Å². The van der Waals surface area contributed by atoms with E-state index in [4.69, 9.17) is 27.9 Å². The smallest absolute Gasteiger partial charge is 0.221 e. The van der Waals surface area contributed by atoms with Gasteiger partial charge < -0.3 is 15.0 Å². The van der Waals surface area contributed by atoms with Gasteiger partial charge in [-0.1, -0.05) is 47.5 Å². The second-order valence-electron chi connectivity index (χ2n) is 6.06. The lowest BCUT2D eigenvalue weighted by Crippen LogP contribution is -2.28. The molecule has 0 radical (unpaired) electrons. The van der Waals surface area contributed by atoms with Gasteiger partial charge in [0.05, 0.1) is 16.7 Å². The maximum Gasteiger partial charge on any atom is 0.221 e. The molecule has 0 saturated heterocycles. The van der Waals surface area contributed by atoms with E-state index < -0.39 is 0 Å². The van der Waals surface area contributed by atoms with Gasteiger partial charge in [0, 0.05) is 43.1 Å². The van der Waals surface area contributed by atoms with Gasteiger partial charge >= 0.3 is 0 Å². The normalized spacial score (nSPS) is 12.3. The fraction of sp³-hybridized carbons (Fsp3) is 0.250. The second kappa shape index (κ2) is 8.58. The lowest BCUT2D eigenvalue weighted by Gasteiger charge is -2.18. The highest BCUT2D eigenvalue weighted by Crippen LogP contribution is 2.35. The number of para-hydroxylation sites is 1. The van der Waals surface area contributed by atoms with E-state index in [1.165, 1.54) is 0 Å². The quantitative estimate of drug-likeness (QED) is 0.571. The van der Waals surface area contributed by atoms with E-state index in [0.717, 1.165) is 22.0 Å². The molecule has 136 valence electrons. The number of benzene rings is 2. The standard InChI is InChI=1S/C20H20Cl2N2O2/c1-26-9-8-23-20(25)11-15(13-6-7-17(21)18(22)10-13)16-12-24-19-5-3-2-4-14(16)19/h2-7,10,12,15,24H,8-9,11H2,1H3,(H,23,25)/t15-/m0/s1. The highest BCUT2D eigenvalue weighted by molar-refractivity contribution is 6.42. The summed E-state index contributed by atoms with van der Waals surface area (Å²) in [5, 5.41) is 4.96. The summed E-state index contributed by atoms with van der Waals surface area (Å²) in [6.45, 7) is 0.966. The molecule has 1 heterocycles. The summed E-state index contributed by atoms with van der Waals surface area (Å²) < 4.78 is 4.99. The van der Waals surface area contributed by atoms with Gasteiger partial charge in [-0.3, -0.25) is 4.79 Å². The maximum absolute atomic E-state index is 12.4. The molecule has 1 aromatic heterocycles. The molecule has 4 nitrogen and oxygen atoms in total. The number of carbonyl (C=O) groups is 1. The van der Waals surface area contributed by atoms with Crippen LogP contribution in [0.3, 0.4) is 0 Å². The molecule has 1 atom stereocenters. The zero-order valence-electron chi connectivity index (χ0n) is 14.4. The SMILES string of the molecule is COCCNC(=O)C[C@@H](c1ccc(Cl)c(Cl)c1)c1c[nH]c2ccccc12. The average Bonchev–Trinajstić information content (AvgIpc) is 3.06. The number of carbonyl (C=O) groups excluding carboxylic acids is 1. The lowest BCUT2D eigenvalue weighted by atomic mass is 9.88. The average molecular weight is 391 g/mol. The van der Waals surface area contributed by atoms with E-state index in [1.807, 2.05) is 36.5 Å². The predicted octanol–water partition coefficient (Wildman–Crippen LogP) is 4.76. The van der Waals surface area contributed by atoms with E-state index in [0.29, 0.717) is 29.6 Å². The van der Waals surface area contributed by atoms with Crippen molar-refractivity contribution in [3.8, 4) is 0 Å². The van der Waals surface area contributed by atoms with E-state index >= 15 is 0 Å². The molecule has 2 N–H and O–H groups in total. The van der Waals surface area contributed by atoms with Crippen LogP contribution < -0.4 is 5.32 Å². The van der Waals surface area contributed by atoms with Gasteiger partial charge in [-0.05, 0) is 29.3 Å². The Bertz CT molecular complexity index is 908. The lowest BCUT2D eigenvalue weighted by molar-refractivity contribution is -0.121. The van der Waals surface area contributed by atoms with E-state index in [9.17, 15) is 4.79 Å². The third kappa shape index (κ3) is 4.21. The molecule has 6 heteroatoms. The minimum Gasteiger partial charge on any atom is -0.383 e. The zero-order valence-corrected chi connectivity index (χ0v) is 15.9. The fourth-order valence-electron chi connectivity index (χ4n) is 3.07. The topological polar surface area (TPSA) is 54.1 Å². The van der Waals surface area contributed by atoms with Crippen molar-refractivity contribution in [2.75, 3.05) is 20.3 Å². The molecular formula is C20H20Cl2N2O2. The van der Waals surface area contributed by atoms with Crippen LogP contribution in [0, 0.1) is 0 Å². The Kier molecular flexibility index (Phi) is 6.20. The number of hydrogen-bond acceptors (Lipinski definition) is 2. The highest BCUT2D eigenvalue weighted by Gasteiger charge is 2.22. The van der Waals surface area contributed by atoms with Crippen molar-refractivity contribution < 1.29 is 9.53 Å². The third-order valence-electron chi connectivity index (χ3n) is 4.36. The van der Waals surface area contributed by atoms with Crippen LogP contribution in [0.2, 0.25) is 10.0 Å². The molecule has 0 aliphatic rings. The van der Waals surface area contributed by atoms with Crippen LogP contribution in [0.25, 0.3) is 10.9 Å². The Labute approximate surface area is 162 Å². The van der Waals surface area contributed by atoms with E-state index in [2.05, 4.69) is 16.4 Å². The molecule has 26 heavy (non-hydrogen) atoms. The van der Waals surface area contributed by atoms with Gasteiger partial charge in [0.25, 0.3) is 0 Å². The molecule has 0 saturated carbocycles. The van der Waals surface area contributed by atoms with E-state index in [1.54, 1.807) is 13.2 Å². The summed E-state index contributed by atoms with van der Waals surface area (Å²) in [5.41, 5.74) is 3.04. The molecule has 0 spiro atoms. The van der Waals surface area contributed by atoms with E-state index in [-0.39, 0.29) is 11.8 Å². The zero-order chi connectivity index (χ0) is 18.5. The predicted molar refractivity (Wildman–Crippen MR) is 106 cm³/mol. The molecule has 0 bridgehead atoms. The van der Waals surface area contributed by atoms with Gasteiger partial charge in [-0.25, -0.2) is 0 Å².